The third kappa shape index (κ3) is 2.29. The molecule has 1 aromatic carbocycles. The SMILES string of the molecule is CC1(C)C(=O)Nc2cc(C(=O)N(C(=O)CCl)C3CC3)ccc21. The lowest BCUT2D eigenvalue weighted by atomic mass is 9.86. The van der Waals surface area contributed by atoms with E-state index in [2.05, 4.69) is 5.32 Å². The van der Waals surface area contributed by atoms with Crippen LogP contribution in [0.15, 0.2) is 18.2 Å². The molecule has 1 heterocycles. The number of rotatable bonds is 3. The van der Waals surface area contributed by atoms with Gasteiger partial charge in [-0.05, 0) is 44.4 Å². The molecule has 2 aliphatic rings. The van der Waals surface area contributed by atoms with E-state index in [1.165, 1.54) is 4.90 Å². The molecule has 0 saturated heterocycles. The zero-order valence-electron chi connectivity index (χ0n) is 12.5. The zero-order chi connectivity index (χ0) is 16.1. The summed E-state index contributed by atoms with van der Waals surface area (Å²) in [6.07, 6.45) is 1.64. The normalized spacial score (nSPS) is 18.6. The summed E-state index contributed by atoms with van der Waals surface area (Å²) in [5.74, 6) is -1.03. The van der Waals surface area contributed by atoms with Crippen LogP contribution < -0.4 is 5.32 Å². The van der Waals surface area contributed by atoms with Crippen molar-refractivity contribution >= 4 is 35.0 Å². The smallest absolute Gasteiger partial charge is 0.260 e. The van der Waals surface area contributed by atoms with Gasteiger partial charge in [-0.1, -0.05) is 6.07 Å². The lowest BCUT2D eigenvalue weighted by Crippen LogP contribution is -2.39. The van der Waals surface area contributed by atoms with E-state index in [0.717, 1.165) is 18.4 Å². The van der Waals surface area contributed by atoms with E-state index in [0.29, 0.717) is 11.3 Å². The minimum atomic E-state index is -0.612. The van der Waals surface area contributed by atoms with Crippen molar-refractivity contribution in [2.24, 2.45) is 0 Å². The second-order valence-corrected chi connectivity index (χ2v) is 6.54. The molecule has 1 aliphatic heterocycles. The predicted molar refractivity (Wildman–Crippen MR) is 83.0 cm³/mol. The number of hydrogen-bond acceptors (Lipinski definition) is 3. The van der Waals surface area contributed by atoms with Crippen molar-refractivity contribution in [3.8, 4) is 0 Å². The molecule has 1 aliphatic carbocycles. The molecular formula is C16H17ClN2O3. The van der Waals surface area contributed by atoms with Gasteiger partial charge in [-0.3, -0.25) is 19.3 Å². The lowest BCUT2D eigenvalue weighted by molar-refractivity contribution is -0.126. The van der Waals surface area contributed by atoms with Gasteiger partial charge in [0.05, 0.1) is 5.41 Å². The standard InChI is InChI=1S/C16H17ClN2O3/c1-16(2)11-6-3-9(7-12(11)18-15(16)22)14(21)19(10-4-5-10)13(20)8-17/h3,6-7,10H,4-5,8H2,1-2H3,(H,18,22). The van der Waals surface area contributed by atoms with Crippen molar-refractivity contribution in [3.63, 3.8) is 0 Å². The van der Waals surface area contributed by atoms with Gasteiger partial charge >= 0.3 is 0 Å². The number of hydrogen-bond donors (Lipinski definition) is 1. The summed E-state index contributed by atoms with van der Waals surface area (Å²) in [7, 11) is 0. The maximum Gasteiger partial charge on any atom is 0.260 e. The number of nitrogens with one attached hydrogen (secondary N) is 1. The fourth-order valence-electron chi connectivity index (χ4n) is 2.75. The van der Waals surface area contributed by atoms with Crippen LogP contribution in [0.25, 0.3) is 0 Å². The first kappa shape index (κ1) is 15.0. The molecule has 1 fully saturated rings. The van der Waals surface area contributed by atoms with Crippen molar-refractivity contribution in [1.82, 2.24) is 4.90 Å². The van der Waals surface area contributed by atoms with Crippen molar-refractivity contribution < 1.29 is 14.4 Å². The Morgan fingerprint density at radius 1 is 1.36 bits per heavy atom. The summed E-state index contributed by atoms with van der Waals surface area (Å²) in [5, 5.41) is 2.79. The van der Waals surface area contributed by atoms with Gasteiger partial charge in [0.2, 0.25) is 11.8 Å². The highest BCUT2D eigenvalue weighted by atomic mass is 35.5. The molecule has 22 heavy (non-hydrogen) atoms. The third-order valence-electron chi connectivity index (χ3n) is 4.27. The van der Waals surface area contributed by atoms with Crippen LogP contribution in [-0.4, -0.2) is 34.5 Å². The Balaban J connectivity index is 1.93. The molecule has 0 atom stereocenters. The Morgan fingerprint density at radius 2 is 2.05 bits per heavy atom. The summed E-state index contributed by atoms with van der Waals surface area (Å²) in [6.45, 7) is 3.67. The average molecular weight is 321 g/mol. The largest absolute Gasteiger partial charge is 0.325 e. The Labute approximate surface area is 133 Å². The highest BCUT2D eigenvalue weighted by molar-refractivity contribution is 6.29. The Hall–Kier alpha value is -1.88. The molecule has 0 unspecified atom stereocenters. The quantitative estimate of drug-likeness (QED) is 0.869. The number of fused-ring (bicyclic) bond motifs is 1. The zero-order valence-corrected chi connectivity index (χ0v) is 13.2. The number of nitrogens with zero attached hydrogens (tertiary/aromatic N) is 1. The average Bonchev–Trinajstić information content (AvgIpc) is 3.27. The second-order valence-electron chi connectivity index (χ2n) is 6.27. The van der Waals surface area contributed by atoms with E-state index in [4.69, 9.17) is 11.6 Å². The van der Waals surface area contributed by atoms with Gasteiger partial charge in [0.15, 0.2) is 0 Å². The summed E-state index contributed by atoms with van der Waals surface area (Å²) < 4.78 is 0. The molecule has 0 radical (unpaired) electrons. The predicted octanol–water partition coefficient (Wildman–Crippen LogP) is 2.29. The molecule has 1 saturated carbocycles. The van der Waals surface area contributed by atoms with E-state index < -0.39 is 5.41 Å². The van der Waals surface area contributed by atoms with Crippen LogP contribution in [0, 0.1) is 0 Å². The first-order valence-electron chi connectivity index (χ1n) is 7.24. The Kier molecular flexibility index (Phi) is 3.48. The number of anilines is 1. The molecule has 3 amide bonds. The van der Waals surface area contributed by atoms with Gasteiger partial charge in [0, 0.05) is 17.3 Å². The number of benzene rings is 1. The van der Waals surface area contributed by atoms with Gasteiger partial charge in [0.1, 0.15) is 5.88 Å². The van der Waals surface area contributed by atoms with E-state index in [-0.39, 0.29) is 29.6 Å². The maximum atomic E-state index is 12.6. The number of amides is 3. The molecule has 0 spiro atoms. The van der Waals surface area contributed by atoms with Crippen LogP contribution in [0.3, 0.4) is 0 Å². The van der Waals surface area contributed by atoms with Gasteiger partial charge in [-0.15, -0.1) is 11.6 Å². The summed E-state index contributed by atoms with van der Waals surface area (Å²) in [4.78, 5) is 37.7. The fraction of sp³-hybridized carbons (Fsp3) is 0.438. The third-order valence-corrected chi connectivity index (χ3v) is 4.50. The number of alkyl halides is 1. The fourth-order valence-corrected chi connectivity index (χ4v) is 2.87. The van der Waals surface area contributed by atoms with E-state index in [1.54, 1.807) is 18.2 Å². The van der Waals surface area contributed by atoms with E-state index in [1.807, 2.05) is 13.8 Å². The number of halogens is 1. The van der Waals surface area contributed by atoms with Gasteiger partial charge in [-0.2, -0.15) is 0 Å². The minimum absolute atomic E-state index is 0.0435. The lowest BCUT2D eigenvalue weighted by Gasteiger charge is -2.20. The monoisotopic (exact) mass is 320 g/mol. The minimum Gasteiger partial charge on any atom is -0.325 e. The van der Waals surface area contributed by atoms with Crippen molar-refractivity contribution in [2.45, 2.75) is 38.1 Å². The topological polar surface area (TPSA) is 66.5 Å². The molecule has 6 heteroatoms. The number of carbonyl (C=O) groups excluding carboxylic acids is 3. The Bertz CT molecular complexity index is 680. The van der Waals surface area contributed by atoms with Crippen molar-refractivity contribution in [3.05, 3.63) is 29.3 Å². The summed E-state index contributed by atoms with van der Waals surface area (Å²) in [6, 6.07) is 5.04. The first-order chi connectivity index (χ1) is 10.4. The first-order valence-corrected chi connectivity index (χ1v) is 7.78. The summed E-state index contributed by atoms with van der Waals surface area (Å²) >= 11 is 5.60. The van der Waals surface area contributed by atoms with Crippen LogP contribution in [0.1, 0.15) is 42.6 Å². The summed E-state index contributed by atoms with van der Waals surface area (Å²) in [5.41, 5.74) is 1.27. The molecule has 1 aromatic rings. The van der Waals surface area contributed by atoms with Gasteiger partial charge in [0.25, 0.3) is 5.91 Å². The van der Waals surface area contributed by atoms with Crippen LogP contribution in [0.5, 0.6) is 0 Å². The molecule has 1 N–H and O–H groups in total. The highest BCUT2D eigenvalue weighted by Gasteiger charge is 2.40. The second kappa shape index (κ2) is 5.09. The van der Waals surface area contributed by atoms with Crippen LogP contribution in [0.4, 0.5) is 5.69 Å². The van der Waals surface area contributed by atoms with Gasteiger partial charge < -0.3 is 5.32 Å². The molecule has 3 rings (SSSR count). The molecule has 116 valence electrons. The molecule has 0 aromatic heterocycles. The molecular weight excluding hydrogens is 304 g/mol. The van der Waals surface area contributed by atoms with E-state index in [9.17, 15) is 14.4 Å². The molecule has 0 bridgehead atoms. The van der Waals surface area contributed by atoms with Crippen LogP contribution in [0.2, 0.25) is 0 Å². The van der Waals surface area contributed by atoms with Crippen molar-refractivity contribution in [1.29, 1.82) is 0 Å². The van der Waals surface area contributed by atoms with E-state index >= 15 is 0 Å². The van der Waals surface area contributed by atoms with Gasteiger partial charge in [-0.25, -0.2) is 0 Å². The maximum absolute atomic E-state index is 12.6. The Morgan fingerprint density at radius 3 is 2.64 bits per heavy atom. The van der Waals surface area contributed by atoms with Crippen LogP contribution >= 0.6 is 11.6 Å². The number of imide groups is 1. The molecule has 5 nitrogen and oxygen atoms in total. The van der Waals surface area contributed by atoms with Crippen LogP contribution in [-0.2, 0) is 15.0 Å². The highest BCUT2D eigenvalue weighted by Crippen LogP contribution is 2.38. The van der Waals surface area contributed by atoms with Crippen molar-refractivity contribution in [2.75, 3.05) is 11.2 Å². The number of carbonyl (C=O) groups is 3.